The van der Waals surface area contributed by atoms with Crippen LogP contribution in [0.4, 0.5) is 0 Å². The topological polar surface area (TPSA) is 76.2 Å². The van der Waals surface area contributed by atoms with Crippen molar-refractivity contribution in [3.05, 3.63) is 71.9 Å². The number of hydrogen-bond acceptors (Lipinski definition) is 4. The van der Waals surface area contributed by atoms with E-state index in [1.165, 1.54) is 5.56 Å². The number of ether oxygens (including phenoxy) is 2. The van der Waals surface area contributed by atoms with Gasteiger partial charge in [0.25, 0.3) is 5.91 Å². The lowest BCUT2D eigenvalue weighted by atomic mass is 9.74. The number of nitrogens with zero attached hydrogens (tertiary/aromatic N) is 1. The summed E-state index contributed by atoms with van der Waals surface area (Å²) in [7, 11) is 1.66. The third kappa shape index (κ3) is 4.17. The van der Waals surface area contributed by atoms with Crippen LogP contribution in [-0.2, 0) is 10.2 Å². The monoisotopic (exact) mass is 391 g/mol. The quantitative estimate of drug-likeness (QED) is 0.674. The molecule has 4 rings (SSSR count). The largest absolute Gasteiger partial charge is 0.497 e. The minimum atomic E-state index is -0.154. The highest BCUT2D eigenvalue weighted by Gasteiger charge is 2.35. The summed E-state index contributed by atoms with van der Waals surface area (Å²) in [4.78, 5) is 12.8. The highest BCUT2D eigenvalue weighted by atomic mass is 16.5. The van der Waals surface area contributed by atoms with Gasteiger partial charge in [-0.15, -0.1) is 0 Å². The zero-order valence-corrected chi connectivity index (χ0v) is 16.5. The van der Waals surface area contributed by atoms with Gasteiger partial charge in [0.1, 0.15) is 11.4 Å². The van der Waals surface area contributed by atoms with Gasteiger partial charge in [-0.2, -0.15) is 5.10 Å². The number of amides is 1. The van der Waals surface area contributed by atoms with Crippen molar-refractivity contribution in [2.24, 2.45) is 0 Å². The second-order valence-corrected chi connectivity index (χ2v) is 7.34. The molecule has 0 radical (unpaired) electrons. The molecule has 0 unspecified atom stereocenters. The Hall–Kier alpha value is -3.12. The lowest BCUT2D eigenvalue weighted by molar-refractivity contribution is 0.0486. The predicted molar refractivity (Wildman–Crippen MR) is 111 cm³/mol. The van der Waals surface area contributed by atoms with Crippen LogP contribution >= 0.6 is 0 Å². The van der Waals surface area contributed by atoms with Crippen molar-refractivity contribution in [2.75, 3.05) is 26.9 Å². The Morgan fingerprint density at radius 2 is 1.86 bits per heavy atom. The van der Waals surface area contributed by atoms with E-state index in [1.54, 1.807) is 13.2 Å². The molecule has 0 spiro atoms. The van der Waals surface area contributed by atoms with Crippen molar-refractivity contribution in [1.82, 2.24) is 15.5 Å². The molecule has 1 saturated heterocycles. The molecule has 0 aliphatic carbocycles. The van der Waals surface area contributed by atoms with Gasteiger partial charge in [-0.25, -0.2) is 0 Å². The van der Waals surface area contributed by atoms with E-state index in [4.69, 9.17) is 9.47 Å². The number of hydrogen-bond donors (Lipinski definition) is 2. The zero-order valence-electron chi connectivity index (χ0n) is 16.5. The van der Waals surface area contributed by atoms with E-state index < -0.39 is 0 Å². The van der Waals surface area contributed by atoms with Gasteiger partial charge in [0.15, 0.2) is 0 Å². The van der Waals surface area contributed by atoms with Crippen molar-refractivity contribution >= 4 is 5.91 Å². The van der Waals surface area contributed by atoms with Gasteiger partial charge in [-0.1, -0.05) is 42.5 Å². The van der Waals surface area contributed by atoms with Gasteiger partial charge in [0, 0.05) is 30.7 Å². The number of aromatic nitrogens is 2. The standard InChI is InChI=1S/C23H25N3O3/c1-28-19-9-7-18(8-10-19)23(11-13-29-14-12-23)16-24-22(27)21-15-20(25-26-21)17-5-3-2-4-6-17/h2-10,15H,11-14,16H2,1H3,(H,24,27)(H,25,26). The number of methoxy groups -OCH3 is 1. The average molecular weight is 391 g/mol. The molecule has 1 aromatic heterocycles. The number of benzene rings is 2. The van der Waals surface area contributed by atoms with Gasteiger partial charge in [-0.3, -0.25) is 9.89 Å². The lowest BCUT2D eigenvalue weighted by Gasteiger charge is -2.38. The van der Waals surface area contributed by atoms with Crippen LogP contribution in [0.3, 0.4) is 0 Å². The van der Waals surface area contributed by atoms with Gasteiger partial charge in [-0.05, 0) is 36.6 Å². The molecule has 1 aliphatic heterocycles. The molecule has 150 valence electrons. The summed E-state index contributed by atoms with van der Waals surface area (Å²) in [6.45, 7) is 1.91. The van der Waals surface area contributed by atoms with Crippen LogP contribution in [0.5, 0.6) is 5.75 Å². The molecule has 6 heteroatoms. The second kappa shape index (κ2) is 8.49. The molecule has 1 aliphatic rings. The van der Waals surface area contributed by atoms with Crippen LogP contribution in [0.1, 0.15) is 28.9 Å². The van der Waals surface area contributed by atoms with Gasteiger partial charge in [0.05, 0.1) is 12.8 Å². The van der Waals surface area contributed by atoms with Crippen LogP contribution in [0.15, 0.2) is 60.7 Å². The molecule has 3 aromatic rings. The predicted octanol–water partition coefficient (Wildman–Crippen LogP) is 3.56. The molecule has 6 nitrogen and oxygen atoms in total. The third-order valence-corrected chi connectivity index (χ3v) is 5.63. The third-order valence-electron chi connectivity index (χ3n) is 5.63. The molecule has 2 N–H and O–H groups in total. The molecule has 0 atom stereocenters. The minimum Gasteiger partial charge on any atom is -0.497 e. The fourth-order valence-corrected chi connectivity index (χ4v) is 3.81. The molecule has 2 aromatic carbocycles. The van der Waals surface area contributed by atoms with Crippen molar-refractivity contribution in [3.8, 4) is 17.0 Å². The van der Waals surface area contributed by atoms with E-state index in [9.17, 15) is 4.79 Å². The smallest absolute Gasteiger partial charge is 0.269 e. The SMILES string of the molecule is COc1ccc(C2(CNC(=O)c3cc(-c4ccccc4)n[nH]3)CCOCC2)cc1. The van der Waals surface area contributed by atoms with Gasteiger partial charge >= 0.3 is 0 Å². The first-order valence-electron chi connectivity index (χ1n) is 9.81. The Kier molecular flexibility index (Phi) is 5.62. The van der Waals surface area contributed by atoms with Gasteiger partial charge in [0.2, 0.25) is 0 Å². The van der Waals surface area contributed by atoms with Crippen LogP contribution in [0.2, 0.25) is 0 Å². The fourth-order valence-electron chi connectivity index (χ4n) is 3.81. The Morgan fingerprint density at radius 1 is 1.14 bits per heavy atom. The summed E-state index contributed by atoms with van der Waals surface area (Å²) in [6, 6.07) is 19.7. The number of H-pyrrole nitrogens is 1. The highest BCUT2D eigenvalue weighted by Crippen LogP contribution is 2.35. The summed E-state index contributed by atoms with van der Waals surface area (Å²) in [5.41, 5.74) is 3.23. The van der Waals surface area contributed by atoms with Crippen molar-refractivity contribution in [1.29, 1.82) is 0 Å². The van der Waals surface area contributed by atoms with E-state index in [0.29, 0.717) is 25.5 Å². The van der Waals surface area contributed by atoms with Crippen molar-refractivity contribution in [2.45, 2.75) is 18.3 Å². The van der Waals surface area contributed by atoms with E-state index in [0.717, 1.165) is 29.8 Å². The van der Waals surface area contributed by atoms with Crippen molar-refractivity contribution < 1.29 is 14.3 Å². The Labute approximate surface area is 170 Å². The number of carbonyl (C=O) groups is 1. The number of carbonyl (C=O) groups excluding carboxylic acids is 1. The second-order valence-electron chi connectivity index (χ2n) is 7.34. The van der Waals surface area contributed by atoms with Gasteiger partial charge < -0.3 is 14.8 Å². The molecule has 0 saturated carbocycles. The molecule has 2 heterocycles. The zero-order chi connectivity index (χ0) is 20.1. The van der Waals surface area contributed by atoms with Crippen LogP contribution in [-0.4, -0.2) is 43.0 Å². The number of nitrogens with one attached hydrogen (secondary N) is 2. The summed E-state index contributed by atoms with van der Waals surface area (Å²) >= 11 is 0. The molecular formula is C23H25N3O3. The molecule has 0 bridgehead atoms. The van der Waals surface area contributed by atoms with Crippen LogP contribution in [0, 0.1) is 0 Å². The maximum absolute atomic E-state index is 12.8. The van der Waals surface area contributed by atoms with E-state index in [-0.39, 0.29) is 11.3 Å². The Morgan fingerprint density at radius 3 is 2.55 bits per heavy atom. The first-order chi connectivity index (χ1) is 14.2. The molecule has 1 fully saturated rings. The normalized spacial score (nSPS) is 15.6. The van der Waals surface area contributed by atoms with Crippen LogP contribution < -0.4 is 10.1 Å². The summed E-state index contributed by atoms with van der Waals surface area (Å²) < 4.78 is 10.9. The highest BCUT2D eigenvalue weighted by molar-refractivity contribution is 5.93. The average Bonchev–Trinajstić information content (AvgIpc) is 3.29. The number of rotatable bonds is 6. The summed E-state index contributed by atoms with van der Waals surface area (Å²) in [6.07, 6.45) is 1.72. The Bertz CT molecular complexity index is 945. The van der Waals surface area contributed by atoms with E-state index in [1.807, 2.05) is 42.5 Å². The maximum Gasteiger partial charge on any atom is 0.269 e. The fraction of sp³-hybridized carbons (Fsp3) is 0.304. The summed E-state index contributed by atoms with van der Waals surface area (Å²) in [5.74, 6) is 0.671. The number of aromatic amines is 1. The first kappa shape index (κ1) is 19.2. The maximum atomic E-state index is 12.8. The van der Waals surface area contributed by atoms with Crippen molar-refractivity contribution in [3.63, 3.8) is 0 Å². The molecule has 1 amide bonds. The van der Waals surface area contributed by atoms with E-state index >= 15 is 0 Å². The minimum absolute atomic E-state index is 0.150. The first-order valence-corrected chi connectivity index (χ1v) is 9.81. The van der Waals surface area contributed by atoms with E-state index in [2.05, 4.69) is 27.6 Å². The Balaban J connectivity index is 1.49. The lowest BCUT2D eigenvalue weighted by Crippen LogP contribution is -2.44. The molecular weight excluding hydrogens is 366 g/mol. The summed E-state index contributed by atoms with van der Waals surface area (Å²) in [5, 5.41) is 10.2. The van der Waals surface area contributed by atoms with Crippen LogP contribution in [0.25, 0.3) is 11.3 Å². The molecule has 29 heavy (non-hydrogen) atoms.